The maximum Gasteiger partial charge on any atom is 0.238 e. The molecule has 0 bridgehead atoms. The molecule has 1 unspecified atom stereocenters. The number of Topliss-reactive ketones (excluding diaryl/α,β-unsaturated/α-hetero) is 1. The number of amides is 3. The quantitative estimate of drug-likeness (QED) is 0.423. The molecule has 8 nitrogen and oxygen atoms in total. The minimum absolute atomic E-state index is 0. The lowest BCUT2D eigenvalue weighted by Gasteiger charge is -2.25. The molecule has 160 valence electrons. The standard InChI is InChI=1S/C20H27N3O5.ClH/c1-10(2)17(18(25)16-11(3)19(26)23-20(16)27)22-15(24)9-14(21)12-6-5-7-13(8-12)28-4;/h5-8,10-11,14,16-17H,9,21H2,1-4H3,(H,22,24)(H,23,26,27);1H/t11-,14?,16+,17-;/m0./s1. The average Bonchev–Trinajstić information content (AvgIpc) is 2.90. The van der Waals surface area contributed by atoms with Crippen LogP contribution in [0.5, 0.6) is 5.75 Å². The number of carbonyl (C=O) groups is 4. The second kappa shape index (κ2) is 10.4. The minimum Gasteiger partial charge on any atom is -0.497 e. The van der Waals surface area contributed by atoms with Gasteiger partial charge in [0.15, 0.2) is 5.78 Å². The molecule has 0 aliphatic carbocycles. The van der Waals surface area contributed by atoms with Crippen molar-refractivity contribution in [2.75, 3.05) is 7.11 Å². The van der Waals surface area contributed by atoms with E-state index in [0.29, 0.717) is 5.75 Å². The number of hydrogen-bond donors (Lipinski definition) is 3. The van der Waals surface area contributed by atoms with E-state index in [4.69, 9.17) is 10.5 Å². The van der Waals surface area contributed by atoms with E-state index in [-0.39, 0.29) is 24.7 Å². The zero-order chi connectivity index (χ0) is 21.0. The smallest absolute Gasteiger partial charge is 0.238 e. The summed E-state index contributed by atoms with van der Waals surface area (Å²) >= 11 is 0. The van der Waals surface area contributed by atoms with Crippen LogP contribution < -0.4 is 21.1 Å². The molecule has 1 aliphatic heterocycles. The van der Waals surface area contributed by atoms with E-state index < -0.39 is 47.4 Å². The first kappa shape index (κ1) is 24.6. The van der Waals surface area contributed by atoms with Crippen LogP contribution in [0.15, 0.2) is 24.3 Å². The monoisotopic (exact) mass is 425 g/mol. The summed E-state index contributed by atoms with van der Waals surface area (Å²) in [5.74, 6) is -3.42. The molecule has 1 heterocycles. The topological polar surface area (TPSA) is 128 Å². The summed E-state index contributed by atoms with van der Waals surface area (Å²) in [5, 5.41) is 4.85. The summed E-state index contributed by atoms with van der Waals surface area (Å²) in [4.78, 5) is 49.0. The lowest BCUT2D eigenvalue weighted by atomic mass is 9.85. The van der Waals surface area contributed by atoms with E-state index in [1.807, 2.05) is 0 Å². The molecule has 0 radical (unpaired) electrons. The molecule has 1 aromatic carbocycles. The van der Waals surface area contributed by atoms with Crippen LogP contribution >= 0.6 is 12.4 Å². The van der Waals surface area contributed by atoms with E-state index in [9.17, 15) is 19.2 Å². The number of benzene rings is 1. The first-order valence-electron chi connectivity index (χ1n) is 9.23. The highest BCUT2D eigenvalue weighted by atomic mass is 35.5. The summed E-state index contributed by atoms with van der Waals surface area (Å²) < 4.78 is 5.16. The molecule has 0 aromatic heterocycles. The number of nitrogens with two attached hydrogens (primary N) is 1. The van der Waals surface area contributed by atoms with Gasteiger partial charge in [-0.15, -0.1) is 12.4 Å². The molecule has 0 spiro atoms. The van der Waals surface area contributed by atoms with Gasteiger partial charge < -0.3 is 15.8 Å². The number of nitrogens with one attached hydrogen (secondary N) is 2. The fraction of sp³-hybridized carbons (Fsp3) is 0.500. The van der Waals surface area contributed by atoms with Gasteiger partial charge in [-0.3, -0.25) is 24.5 Å². The zero-order valence-corrected chi connectivity index (χ0v) is 17.7. The molecule has 4 N–H and O–H groups in total. The van der Waals surface area contributed by atoms with Crippen molar-refractivity contribution in [3.63, 3.8) is 0 Å². The Labute approximate surface area is 176 Å². The fourth-order valence-corrected chi connectivity index (χ4v) is 3.25. The van der Waals surface area contributed by atoms with Gasteiger partial charge in [0, 0.05) is 12.5 Å². The number of hydrogen-bond acceptors (Lipinski definition) is 6. The van der Waals surface area contributed by atoms with Gasteiger partial charge in [0.25, 0.3) is 0 Å². The van der Waals surface area contributed by atoms with E-state index in [0.717, 1.165) is 5.56 Å². The van der Waals surface area contributed by atoms with Crippen molar-refractivity contribution in [3.05, 3.63) is 29.8 Å². The summed E-state index contributed by atoms with van der Waals surface area (Å²) in [6.07, 6.45) is -0.0327. The second-order valence-corrected chi connectivity index (χ2v) is 7.40. The maximum atomic E-state index is 12.9. The van der Waals surface area contributed by atoms with Crippen LogP contribution in [0.3, 0.4) is 0 Å². The van der Waals surface area contributed by atoms with Gasteiger partial charge >= 0.3 is 0 Å². The zero-order valence-electron chi connectivity index (χ0n) is 16.9. The third kappa shape index (κ3) is 5.77. The van der Waals surface area contributed by atoms with Gasteiger partial charge in [-0.25, -0.2) is 0 Å². The number of ketones is 1. The Morgan fingerprint density at radius 3 is 2.41 bits per heavy atom. The van der Waals surface area contributed by atoms with Crippen LogP contribution in [0, 0.1) is 17.8 Å². The molecular weight excluding hydrogens is 398 g/mol. The van der Waals surface area contributed by atoms with Crippen molar-refractivity contribution >= 4 is 35.9 Å². The summed E-state index contributed by atoms with van der Waals surface area (Å²) in [6, 6.07) is 5.64. The van der Waals surface area contributed by atoms with Crippen LogP contribution in [-0.2, 0) is 19.2 Å². The Kier molecular flexibility index (Phi) is 8.79. The third-order valence-electron chi connectivity index (χ3n) is 4.97. The van der Waals surface area contributed by atoms with Crippen LogP contribution in [-0.4, -0.2) is 36.7 Å². The number of methoxy groups -OCH3 is 1. The highest BCUT2D eigenvalue weighted by molar-refractivity contribution is 6.16. The van der Waals surface area contributed by atoms with Gasteiger partial charge in [-0.05, 0) is 23.6 Å². The van der Waals surface area contributed by atoms with Crippen molar-refractivity contribution in [2.45, 2.75) is 39.3 Å². The second-order valence-electron chi connectivity index (χ2n) is 7.40. The Bertz CT molecular complexity index is 783. The summed E-state index contributed by atoms with van der Waals surface area (Å²) in [7, 11) is 1.54. The van der Waals surface area contributed by atoms with Crippen molar-refractivity contribution in [2.24, 2.45) is 23.5 Å². The lowest BCUT2D eigenvalue weighted by Crippen LogP contribution is -2.49. The Morgan fingerprint density at radius 1 is 1.24 bits per heavy atom. The first-order chi connectivity index (χ1) is 13.1. The fourth-order valence-electron chi connectivity index (χ4n) is 3.25. The van der Waals surface area contributed by atoms with Gasteiger partial charge in [0.2, 0.25) is 17.7 Å². The normalized spacial score (nSPS) is 20.5. The van der Waals surface area contributed by atoms with Gasteiger partial charge in [0.05, 0.1) is 19.1 Å². The highest BCUT2D eigenvalue weighted by Gasteiger charge is 2.46. The van der Waals surface area contributed by atoms with Crippen LogP contribution in [0.2, 0.25) is 0 Å². The maximum absolute atomic E-state index is 12.9. The molecule has 1 saturated heterocycles. The molecule has 0 saturated carbocycles. The van der Waals surface area contributed by atoms with E-state index >= 15 is 0 Å². The molecule has 1 aromatic rings. The molecular formula is C20H28ClN3O5. The minimum atomic E-state index is -1.09. The number of carbonyl (C=O) groups excluding carboxylic acids is 4. The highest BCUT2D eigenvalue weighted by Crippen LogP contribution is 2.24. The van der Waals surface area contributed by atoms with Crippen molar-refractivity contribution in [1.29, 1.82) is 0 Å². The van der Waals surface area contributed by atoms with Gasteiger partial charge in [-0.1, -0.05) is 32.9 Å². The van der Waals surface area contributed by atoms with Crippen LogP contribution in [0.1, 0.15) is 38.8 Å². The van der Waals surface area contributed by atoms with Crippen LogP contribution in [0.25, 0.3) is 0 Å². The molecule has 1 aliphatic rings. The van der Waals surface area contributed by atoms with E-state index in [1.165, 1.54) is 6.92 Å². The number of imide groups is 1. The lowest BCUT2D eigenvalue weighted by molar-refractivity contribution is -0.137. The van der Waals surface area contributed by atoms with Crippen molar-refractivity contribution in [1.82, 2.24) is 10.6 Å². The van der Waals surface area contributed by atoms with Gasteiger partial charge in [-0.2, -0.15) is 0 Å². The number of halogens is 1. The number of ether oxygens (including phenoxy) is 1. The summed E-state index contributed by atoms with van der Waals surface area (Å²) in [5.41, 5.74) is 6.85. The van der Waals surface area contributed by atoms with E-state index in [2.05, 4.69) is 10.6 Å². The third-order valence-corrected chi connectivity index (χ3v) is 4.97. The Morgan fingerprint density at radius 2 is 1.90 bits per heavy atom. The van der Waals surface area contributed by atoms with Crippen molar-refractivity contribution < 1.29 is 23.9 Å². The Balaban J connectivity index is 0.00000420. The van der Waals surface area contributed by atoms with Crippen molar-refractivity contribution in [3.8, 4) is 5.75 Å². The predicted octanol–water partition coefficient (Wildman–Crippen LogP) is 1.13. The molecule has 29 heavy (non-hydrogen) atoms. The first-order valence-corrected chi connectivity index (χ1v) is 9.23. The molecule has 2 rings (SSSR count). The summed E-state index contributed by atoms with van der Waals surface area (Å²) in [6.45, 7) is 5.06. The SMILES string of the molecule is COc1cccc(C(N)CC(=O)N[C@H](C(=O)[C@@H]2C(=O)NC(=O)[C@H]2C)C(C)C)c1.Cl. The molecule has 9 heteroatoms. The Hall–Kier alpha value is -2.45. The molecule has 4 atom stereocenters. The average molecular weight is 426 g/mol. The number of rotatable bonds is 8. The molecule has 1 fully saturated rings. The van der Waals surface area contributed by atoms with E-state index in [1.54, 1.807) is 45.2 Å². The largest absolute Gasteiger partial charge is 0.497 e. The van der Waals surface area contributed by atoms with Gasteiger partial charge in [0.1, 0.15) is 11.7 Å². The molecule has 3 amide bonds. The van der Waals surface area contributed by atoms with Crippen LogP contribution in [0.4, 0.5) is 0 Å². The predicted molar refractivity (Wildman–Crippen MR) is 109 cm³/mol.